The van der Waals surface area contributed by atoms with Crippen LogP contribution < -0.4 is 10.5 Å². The molecule has 148 valence electrons. The second kappa shape index (κ2) is 9.60. The Balaban J connectivity index is 1.51. The van der Waals surface area contributed by atoms with E-state index in [2.05, 4.69) is 0 Å². The molecule has 1 amide bonds. The van der Waals surface area contributed by atoms with Crippen LogP contribution in [0.3, 0.4) is 0 Å². The van der Waals surface area contributed by atoms with Gasteiger partial charge in [-0.25, -0.2) is 4.79 Å². The van der Waals surface area contributed by atoms with Gasteiger partial charge in [0, 0.05) is 13.1 Å². The first-order chi connectivity index (χ1) is 13.1. The van der Waals surface area contributed by atoms with Crippen LogP contribution in [0.5, 0.6) is 5.75 Å². The minimum Gasteiger partial charge on any atom is -0.491 e. The van der Waals surface area contributed by atoms with E-state index in [1.165, 1.54) is 6.42 Å². The van der Waals surface area contributed by atoms with Crippen molar-refractivity contribution in [1.82, 2.24) is 4.90 Å². The van der Waals surface area contributed by atoms with Gasteiger partial charge in [0.2, 0.25) is 5.91 Å². The van der Waals surface area contributed by atoms with Gasteiger partial charge in [0.25, 0.3) is 0 Å². The molecular weight excluding hydrogens is 348 g/mol. The highest BCUT2D eigenvalue weighted by atomic mass is 16.5. The van der Waals surface area contributed by atoms with Crippen LogP contribution in [0.4, 0.5) is 5.69 Å². The summed E-state index contributed by atoms with van der Waals surface area (Å²) in [5.41, 5.74) is 6.80. The third kappa shape index (κ3) is 5.60. The first-order valence-electron chi connectivity index (χ1n) is 9.72. The highest BCUT2D eigenvalue weighted by Gasteiger charge is 2.20. The number of anilines is 1. The van der Waals surface area contributed by atoms with Crippen molar-refractivity contribution in [2.45, 2.75) is 44.6 Å². The molecule has 1 aromatic rings. The molecule has 0 radical (unpaired) electrons. The summed E-state index contributed by atoms with van der Waals surface area (Å²) >= 11 is 0. The lowest BCUT2D eigenvalue weighted by atomic mass is 9.98. The van der Waals surface area contributed by atoms with Gasteiger partial charge in [0.15, 0.2) is 0 Å². The van der Waals surface area contributed by atoms with Crippen LogP contribution in [0.15, 0.2) is 18.2 Å². The van der Waals surface area contributed by atoms with Crippen LogP contribution in [0, 0.1) is 0 Å². The number of rotatable bonds is 6. The standard InChI is InChI=1S/C20H28N2O5/c21-17-7-6-15(20(24)27-16-4-2-1-3-5-16)14-18(17)26-11-8-19(23)22-9-12-25-13-10-22/h6-7,14,16H,1-5,8-13,21H2. The average Bonchev–Trinajstić information content (AvgIpc) is 2.70. The minimum atomic E-state index is -0.351. The summed E-state index contributed by atoms with van der Waals surface area (Å²) in [6, 6.07) is 4.88. The lowest BCUT2D eigenvalue weighted by molar-refractivity contribution is -0.135. The number of esters is 1. The molecule has 1 aromatic carbocycles. The molecule has 2 aliphatic rings. The number of carbonyl (C=O) groups excluding carboxylic acids is 2. The number of nitrogens with zero attached hydrogens (tertiary/aromatic N) is 1. The van der Waals surface area contributed by atoms with Crippen LogP contribution in [-0.2, 0) is 14.3 Å². The predicted octanol–water partition coefficient (Wildman–Crippen LogP) is 2.39. The monoisotopic (exact) mass is 376 g/mol. The molecule has 27 heavy (non-hydrogen) atoms. The Kier molecular flexibility index (Phi) is 6.92. The van der Waals surface area contributed by atoms with E-state index in [0.29, 0.717) is 43.3 Å². The van der Waals surface area contributed by atoms with Gasteiger partial charge in [0.1, 0.15) is 11.9 Å². The van der Waals surface area contributed by atoms with Gasteiger partial charge >= 0.3 is 5.97 Å². The van der Waals surface area contributed by atoms with Gasteiger partial charge < -0.3 is 24.8 Å². The van der Waals surface area contributed by atoms with E-state index in [1.807, 2.05) is 0 Å². The van der Waals surface area contributed by atoms with Gasteiger partial charge in [0.05, 0.1) is 37.5 Å². The lowest BCUT2D eigenvalue weighted by Crippen LogP contribution is -2.41. The maximum Gasteiger partial charge on any atom is 0.338 e. The summed E-state index contributed by atoms with van der Waals surface area (Å²) in [7, 11) is 0. The molecule has 0 spiro atoms. The highest BCUT2D eigenvalue weighted by molar-refractivity contribution is 5.90. The number of nitrogen functional groups attached to an aromatic ring is 1. The van der Waals surface area contributed by atoms with Crippen LogP contribution in [0.25, 0.3) is 0 Å². The van der Waals surface area contributed by atoms with Crippen molar-refractivity contribution < 1.29 is 23.8 Å². The van der Waals surface area contributed by atoms with Crippen molar-refractivity contribution in [3.05, 3.63) is 23.8 Å². The van der Waals surface area contributed by atoms with Crippen LogP contribution in [0.2, 0.25) is 0 Å². The third-order valence-corrected chi connectivity index (χ3v) is 5.01. The maximum absolute atomic E-state index is 12.4. The molecule has 7 nitrogen and oxygen atoms in total. The fourth-order valence-electron chi connectivity index (χ4n) is 3.41. The lowest BCUT2D eigenvalue weighted by Gasteiger charge is -2.26. The van der Waals surface area contributed by atoms with Gasteiger partial charge in [-0.3, -0.25) is 4.79 Å². The molecule has 0 atom stereocenters. The number of ether oxygens (including phenoxy) is 3. The first-order valence-corrected chi connectivity index (χ1v) is 9.72. The molecule has 1 saturated heterocycles. The molecule has 0 unspecified atom stereocenters. The molecule has 2 N–H and O–H groups in total. The largest absolute Gasteiger partial charge is 0.491 e. The summed E-state index contributed by atoms with van der Waals surface area (Å²) in [5, 5.41) is 0. The van der Waals surface area contributed by atoms with Crippen LogP contribution in [0.1, 0.15) is 48.9 Å². The topological polar surface area (TPSA) is 91.1 Å². The van der Waals surface area contributed by atoms with E-state index in [4.69, 9.17) is 19.9 Å². The van der Waals surface area contributed by atoms with Crippen molar-refractivity contribution in [3.63, 3.8) is 0 Å². The van der Waals surface area contributed by atoms with Gasteiger partial charge in [-0.05, 0) is 43.9 Å². The fourth-order valence-corrected chi connectivity index (χ4v) is 3.41. The number of benzene rings is 1. The Bertz CT molecular complexity index is 652. The maximum atomic E-state index is 12.4. The van der Waals surface area contributed by atoms with Gasteiger partial charge in [-0.2, -0.15) is 0 Å². The number of morpholine rings is 1. The quantitative estimate of drug-likeness (QED) is 0.605. The summed E-state index contributed by atoms with van der Waals surface area (Å²) in [4.78, 5) is 26.3. The Labute approximate surface area is 159 Å². The molecule has 0 bridgehead atoms. The van der Waals surface area contributed by atoms with Crippen molar-refractivity contribution >= 4 is 17.6 Å². The van der Waals surface area contributed by atoms with E-state index < -0.39 is 0 Å². The zero-order chi connectivity index (χ0) is 19.1. The van der Waals surface area contributed by atoms with Gasteiger partial charge in [-0.15, -0.1) is 0 Å². The fraction of sp³-hybridized carbons (Fsp3) is 0.600. The molecule has 7 heteroatoms. The van der Waals surface area contributed by atoms with E-state index in [0.717, 1.165) is 25.7 Å². The number of amides is 1. The SMILES string of the molecule is Nc1ccc(C(=O)OC2CCCCC2)cc1OCCC(=O)N1CCOCC1. The average molecular weight is 376 g/mol. The van der Waals surface area contributed by atoms with E-state index in [1.54, 1.807) is 23.1 Å². The predicted molar refractivity (Wildman–Crippen MR) is 101 cm³/mol. The second-order valence-corrected chi connectivity index (χ2v) is 7.01. The molecule has 0 aromatic heterocycles. The van der Waals surface area contributed by atoms with Crippen molar-refractivity contribution in [3.8, 4) is 5.75 Å². The Hall–Kier alpha value is -2.28. The molecule has 1 saturated carbocycles. The summed E-state index contributed by atoms with van der Waals surface area (Å²) in [6.45, 7) is 2.59. The van der Waals surface area contributed by atoms with Crippen molar-refractivity contribution in [1.29, 1.82) is 0 Å². The molecule has 2 fully saturated rings. The molecule has 1 heterocycles. The van der Waals surface area contributed by atoms with E-state index in [-0.39, 0.29) is 31.0 Å². The molecule has 1 aliphatic carbocycles. The smallest absolute Gasteiger partial charge is 0.338 e. The number of hydrogen-bond acceptors (Lipinski definition) is 6. The zero-order valence-electron chi connectivity index (χ0n) is 15.7. The second-order valence-electron chi connectivity index (χ2n) is 7.01. The van der Waals surface area contributed by atoms with Gasteiger partial charge in [-0.1, -0.05) is 6.42 Å². The first kappa shape index (κ1) is 19.5. The summed E-state index contributed by atoms with van der Waals surface area (Å²) in [5.74, 6) is 0.0868. The van der Waals surface area contributed by atoms with Crippen molar-refractivity contribution in [2.24, 2.45) is 0 Å². The molecule has 3 rings (SSSR count). The summed E-state index contributed by atoms with van der Waals surface area (Å²) < 4.78 is 16.5. The number of nitrogens with two attached hydrogens (primary N) is 1. The minimum absolute atomic E-state index is 0.000634. The summed E-state index contributed by atoms with van der Waals surface area (Å²) in [6.07, 6.45) is 5.52. The number of hydrogen-bond donors (Lipinski definition) is 1. The molecule has 1 aliphatic heterocycles. The van der Waals surface area contributed by atoms with Crippen LogP contribution in [-0.4, -0.2) is 55.8 Å². The van der Waals surface area contributed by atoms with Crippen molar-refractivity contribution in [2.75, 3.05) is 38.6 Å². The van der Waals surface area contributed by atoms with E-state index >= 15 is 0 Å². The molecular formula is C20H28N2O5. The van der Waals surface area contributed by atoms with E-state index in [9.17, 15) is 9.59 Å². The number of carbonyl (C=O) groups is 2. The van der Waals surface area contributed by atoms with Crippen LogP contribution >= 0.6 is 0 Å². The Morgan fingerprint density at radius 2 is 1.89 bits per heavy atom. The Morgan fingerprint density at radius 1 is 1.15 bits per heavy atom. The zero-order valence-corrected chi connectivity index (χ0v) is 15.7. The Morgan fingerprint density at radius 3 is 2.63 bits per heavy atom. The highest BCUT2D eigenvalue weighted by Crippen LogP contribution is 2.25. The normalized spacial score (nSPS) is 18.1. The third-order valence-electron chi connectivity index (χ3n) is 5.01.